The highest BCUT2D eigenvalue weighted by Crippen LogP contribution is 2.13. The number of benzene rings is 1. The van der Waals surface area contributed by atoms with E-state index in [9.17, 15) is 19.2 Å². The molecule has 0 atom stereocenters. The van der Waals surface area contributed by atoms with E-state index in [0.29, 0.717) is 30.0 Å². The summed E-state index contributed by atoms with van der Waals surface area (Å²) in [7, 11) is 0. The quantitative estimate of drug-likeness (QED) is 0.381. The molecule has 0 fully saturated rings. The summed E-state index contributed by atoms with van der Waals surface area (Å²) in [5.74, 6) is 0.00750. The van der Waals surface area contributed by atoms with E-state index < -0.39 is 23.7 Å². The Kier molecular flexibility index (Phi) is 6.58. The number of nitrogens with one attached hydrogen (secondary N) is 1. The highest BCUT2D eigenvalue weighted by molar-refractivity contribution is 5.95. The summed E-state index contributed by atoms with van der Waals surface area (Å²) < 4.78 is 9.37. The smallest absolute Gasteiger partial charge is 0.333 e. The van der Waals surface area contributed by atoms with E-state index in [4.69, 9.17) is 4.42 Å². The second-order valence-electron chi connectivity index (χ2n) is 7.98. The first-order valence-electron chi connectivity index (χ1n) is 11.0. The molecule has 176 valence electrons. The molecule has 4 aromatic rings. The van der Waals surface area contributed by atoms with Crippen LogP contribution in [0.3, 0.4) is 0 Å². The summed E-state index contributed by atoms with van der Waals surface area (Å²) >= 11 is 0. The summed E-state index contributed by atoms with van der Waals surface area (Å²) in [4.78, 5) is 55.0. The van der Waals surface area contributed by atoms with Gasteiger partial charge in [0.05, 0.1) is 19.1 Å². The minimum Gasteiger partial charge on any atom is -0.467 e. The zero-order valence-corrected chi connectivity index (χ0v) is 19.0. The Labute approximate surface area is 194 Å². The van der Waals surface area contributed by atoms with Crippen LogP contribution in [0.1, 0.15) is 42.8 Å². The second-order valence-corrected chi connectivity index (χ2v) is 7.98. The minimum absolute atomic E-state index is 0.0866. The maximum atomic E-state index is 13.3. The summed E-state index contributed by atoms with van der Waals surface area (Å²) in [5, 5.41) is 2.67. The van der Waals surface area contributed by atoms with Crippen LogP contribution in [0.2, 0.25) is 0 Å². The summed E-state index contributed by atoms with van der Waals surface area (Å²) in [6.45, 7) is 3.63. The Morgan fingerprint density at radius 1 is 1.09 bits per heavy atom. The van der Waals surface area contributed by atoms with Gasteiger partial charge >= 0.3 is 5.69 Å². The van der Waals surface area contributed by atoms with Gasteiger partial charge in [-0.25, -0.2) is 14.3 Å². The number of hydrogen-bond acceptors (Lipinski definition) is 6. The maximum absolute atomic E-state index is 13.3. The first-order chi connectivity index (χ1) is 16.4. The van der Waals surface area contributed by atoms with E-state index in [1.165, 1.54) is 24.1 Å². The number of Topliss-reactive ketones (excluding diaryl/α,β-unsaturated/α-hetero) is 1. The Balaban J connectivity index is 1.70. The number of ketones is 1. The fourth-order valence-electron chi connectivity index (χ4n) is 3.72. The van der Waals surface area contributed by atoms with Gasteiger partial charge in [0.15, 0.2) is 16.9 Å². The van der Waals surface area contributed by atoms with Gasteiger partial charge in [-0.15, -0.1) is 0 Å². The SMILES string of the molecule is CCCCn1c(=O)n(CC(=O)Nc2ccc(C(C)=O)cc2)c(=O)c2c1ncn2Cc1ccco1. The number of anilines is 1. The number of imidazole rings is 1. The number of carbonyl (C=O) groups is 2. The monoisotopic (exact) mass is 463 g/mol. The zero-order valence-electron chi connectivity index (χ0n) is 19.0. The molecule has 1 amide bonds. The van der Waals surface area contributed by atoms with Crippen LogP contribution in [-0.2, 0) is 24.4 Å². The van der Waals surface area contributed by atoms with E-state index in [-0.39, 0.29) is 23.5 Å². The van der Waals surface area contributed by atoms with E-state index in [1.807, 2.05) is 6.92 Å². The summed E-state index contributed by atoms with van der Waals surface area (Å²) in [6.07, 6.45) is 4.60. The second kappa shape index (κ2) is 9.74. The van der Waals surface area contributed by atoms with E-state index in [0.717, 1.165) is 11.0 Å². The Morgan fingerprint density at radius 2 is 1.85 bits per heavy atom. The zero-order chi connectivity index (χ0) is 24.2. The first-order valence-corrected chi connectivity index (χ1v) is 11.0. The van der Waals surface area contributed by atoms with Crippen LogP contribution >= 0.6 is 0 Å². The third kappa shape index (κ3) is 4.61. The van der Waals surface area contributed by atoms with Crippen LogP contribution in [0.4, 0.5) is 5.69 Å². The number of aryl methyl sites for hydroxylation is 1. The van der Waals surface area contributed by atoms with Gasteiger partial charge < -0.3 is 14.3 Å². The molecule has 4 rings (SSSR count). The molecule has 10 nitrogen and oxygen atoms in total. The molecule has 0 bridgehead atoms. The van der Waals surface area contributed by atoms with Crippen molar-refractivity contribution in [2.45, 2.75) is 46.3 Å². The molecule has 0 unspecified atom stereocenters. The lowest BCUT2D eigenvalue weighted by Gasteiger charge is -2.12. The van der Waals surface area contributed by atoms with Gasteiger partial charge in [0.25, 0.3) is 5.56 Å². The van der Waals surface area contributed by atoms with Crippen molar-refractivity contribution < 1.29 is 14.0 Å². The molecule has 0 saturated carbocycles. The summed E-state index contributed by atoms with van der Waals surface area (Å²) in [5.41, 5.74) is 0.300. The van der Waals surface area contributed by atoms with Gasteiger partial charge in [0, 0.05) is 17.8 Å². The van der Waals surface area contributed by atoms with Crippen LogP contribution in [0.25, 0.3) is 11.2 Å². The van der Waals surface area contributed by atoms with Gasteiger partial charge in [-0.1, -0.05) is 13.3 Å². The number of fused-ring (bicyclic) bond motifs is 1. The lowest BCUT2D eigenvalue weighted by atomic mass is 10.1. The number of amides is 1. The number of hydrogen-bond donors (Lipinski definition) is 1. The maximum Gasteiger partial charge on any atom is 0.333 e. The Bertz CT molecular complexity index is 1440. The highest BCUT2D eigenvalue weighted by atomic mass is 16.3. The van der Waals surface area contributed by atoms with Crippen LogP contribution in [0, 0.1) is 0 Å². The lowest BCUT2D eigenvalue weighted by molar-refractivity contribution is -0.116. The number of aromatic nitrogens is 4. The fourth-order valence-corrected chi connectivity index (χ4v) is 3.72. The van der Waals surface area contributed by atoms with E-state index in [2.05, 4.69) is 10.3 Å². The van der Waals surface area contributed by atoms with Gasteiger partial charge in [0.1, 0.15) is 12.3 Å². The van der Waals surface area contributed by atoms with Crippen molar-refractivity contribution in [3.8, 4) is 0 Å². The number of nitrogens with zero attached hydrogens (tertiary/aromatic N) is 4. The highest BCUT2D eigenvalue weighted by Gasteiger charge is 2.20. The van der Waals surface area contributed by atoms with Gasteiger partial charge in [-0.2, -0.15) is 0 Å². The molecule has 0 aliphatic carbocycles. The van der Waals surface area contributed by atoms with Gasteiger partial charge in [0.2, 0.25) is 5.91 Å². The molecule has 1 N–H and O–H groups in total. The van der Waals surface area contributed by atoms with E-state index >= 15 is 0 Å². The molecule has 0 radical (unpaired) electrons. The largest absolute Gasteiger partial charge is 0.467 e. The van der Waals surface area contributed by atoms with Crippen LogP contribution in [0.15, 0.2) is 63.0 Å². The topological polar surface area (TPSA) is 121 Å². The third-order valence-corrected chi connectivity index (χ3v) is 5.50. The molecule has 0 aliphatic heterocycles. The number of rotatable bonds is 9. The number of furan rings is 1. The predicted molar refractivity (Wildman–Crippen MR) is 126 cm³/mol. The Morgan fingerprint density at radius 3 is 2.50 bits per heavy atom. The molecule has 10 heteroatoms. The van der Waals surface area contributed by atoms with Gasteiger partial charge in [-0.05, 0) is 49.7 Å². The van der Waals surface area contributed by atoms with Crippen molar-refractivity contribution in [2.24, 2.45) is 0 Å². The molecule has 3 heterocycles. The van der Waals surface area contributed by atoms with Crippen molar-refractivity contribution in [1.29, 1.82) is 0 Å². The van der Waals surface area contributed by atoms with Crippen molar-refractivity contribution in [3.05, 3.63) is 81.2 Å². The van der Waals surface area contributed by atoms with Crippen molar-refractivity contribution >= 4 is 28.5 Å². The molecule has 3 aromatic heterocycles. The standard InChI is InChI=1S/C24H25N5O5/c1-3-4-11-28-22-21(27(15-25-22)13-19-6-5-12-34-19)23(32)29(24(28)33)14-20(31)26-18-9-7-17(8-10-18)16(2)30/h5-10,12,15H,3-4,11,13-14H2,1-2H3,(H,26,31). The lowest BCUT2D eigenvalue weighted by Crippen LogP contribution is -2.43. The van der Waals surface area contributed by atoms with Gasteiger partial charge in [-0.3, -0.25) is 19.0 Å². The average Bonchev–Trinajstić information content (AvgIpc) is 3.48. The molecular weight excluding hydrogens is 438 g/mol. The summed E-state index contributed by atoms with van der Waals surface area (Å²) in [6, 6.07) is 9.92. The first kappa shape index (κ1) is 23.0. The minimum atomic E-state index is -0.598. The van der Waals surface area contributed by atoms with Crippen molar-refractivity contribution in [1.82, 2.24) is 18.7 Å². The molecule has 1 aromatic carbocycles. The van der Waals surface area contributed by atoms with E-state index in [1.54, 1.807) is 41.0 Å². The predicted octanol–water partition coefficient (Wildman–Crippen LogP) is 2.64. The fraction of sp³-hybridized carbons (Fsp3) is 0.292. The average molecular weight is 463 g/mol. The van der Waals surface area contributed by atoms with Crippen LogP contribution in [-0.4, -0.2) is 30.4 Å². The molecule has 0 saturated heterocycles. The van der Waals surface area contributed by atoms with Crippen LogP contribution in [0.5, 0.6) is 0 Å². The van der Waals surface area contributed by atoms with Crippen molar-refractivity contribution in [2.75, 3.05) is 5.32 Å². The molecule has 0 aliphatic rings. The van der Waals surface area contributed by atoms with Crippen LogP contribution < -0.4 is 16.6 Å². The number of unbranched alkanes of at least 4 members (excludes halogenated alkanes) is 1. The molecule has 34 heavy (non-hydrogen) atoms. The molecule has 0 spiro atoms. The molecular formula is C24H25N5O5. The normalized spacial score (nSPS) is 11.1. The number of carbonyl (C=O) groups excluding carboxylic acids is 2. The van der Waals surface area contributed by atoms with Crippen molar-refractivity contribution in [3.63, 3.8) is 0 Å². The third-order valence-electron chi connectivity index (χ3n) is 5.50. The Hall–Kier alpha value is -4.21.